The van der Waals surface area contributed by atoms with E-state index < -0.39 is 11.2 Å². The number of H-pyrrole nitrogens is 2. The monoisotopic (exact) mass is 343 g/mol. The third-order valence-corrected chi connectivity index (χ3v) is 4.46. The molecule has 1 amide bonds. The molecular formula is C17H21N5O3. The number of carbonyl (C=O) groups is 1. The van der Waals surface area contributed by atoms with E-state index in [2.05, 4.69) is 15.0 Å². The summed E-state index contributed by atoms with van der Waals surface area (Å²) >= 11 is 0. The van der Waals surface area contributed by atoms with Gasteiger partial charge in [-0.3, -0.25) is 14.6 Å². The second kappa shape index (κ2) is 6.92. The van der Waals surface area contributed by atoms with Crippen LogP contribution in [0.25, 0.3) is 0 Å². The molecule has 8 nitrogen and oxygen atoms in total. The summed E-state index contributed by atoms with van der Waals surface area (Å²) in [5.74, 6) is 0.711. The Morgan fingerprint density at radius 3 is 2.88 bits per heavy atom. The lowest BCUT2D eigenvalue weighted by Crippen LogP contribution is -2.42. The fraction of sp³-hybridized carbons (Fsp3) is 0.412. The molecule has 8 heteroatoms. The van der Waals surface area contributed by atoms with Crippen LogP contribution in [0, 0.1) is 0 Å². The van der Waals surface area contributed by atoms with Gasteiger partial charge in [-0.2, -0.15) is 0 Å². The van der Waals surface area contributed by atoms with E-state index >= 15 is 0 Å². The molecule has 3 rings (SSSR count). The maximum Gasteiger partial charge on any atom is 0.325 e. The summed E-state index contributed by atoms with van der Waals surface area (Å²) in [7, 11) is 3.87. The van der Waals surface area contributed by atoms with Crippen molar-refractivity contribution in [3.8, 4) is 0 Å². The highest BCUT2D eigenvalue weighted by atomic mass is 16.2. The largest absolute Gasteiger partial charge is 0.363 e. The molecule has 3 heterocycles. The first kappa shape index (κ1) is 16.9. The van der Waals surface area contributed by atoms with Crippen LogP contribution < -0.4 is 16.1 Å². The summed E-state index contributed by atoms with van der Waals surface area (Å²) in [6, 6.07) is 4.00. The number of piperidine rings is 1. The summed E-state index contributed by atoms with van der Waals surface area (Å²) in [6.45, 7) is 1.13. The first-order valence-corrected chi connectivity index (χ1v) is 8.20. The number of amides is 1. The number of nitrogens with one attached hydrogen (secondary N) is 2. The van der Waals surface area contributed by atoms with E-state index in [-0.39, 0.29) is 17.4 Å². The fourth-order valence-corrected chi connectivity index (χ4v) is 3.11. The topological polar surface area (TPSA) is 102 Å². The number of anilines is 1. The highest BCUT2D eigenvalue weighted by molar-refractivity contribution is 5.93. The summed E-state index contributed by atoms with van der Waals surface area (Å²) in [5, 5.41) is 0. The average Bonchev–Trinajstić information content (AvgIpc) is 2.61. The lowest BCUT2D eigenvalue weighted by atomic mass is 9.91. The van der Waals surface area contributed by atoms with E-state index in [1.54, 1.807) is 11.1 Å². The first-order valence-electron chi connectivity index (χ1n) is 8.20. The van der Waals surface area contributed by atoms with Gasteiger partial charge in [0.05, 0.1) is 0 Å². The van der Waals surface area contributed by atoms with Gasteiger partial charge < -0.3 is 14.8 Å². The van der Waals surface area contributed by atoms with Crippen LogP contribution in [0.5, 0.6) is 0 Å². The number of carbonyl (C=O) groups excluding carboxylic acids is 1. The zero-order chi connectivity index (χ0) is 18.0. The molecule has 1 aliphatic rings. The molecule has 1 saturated heterocycles. The number of hydrogen-bond donors (Lipinski definition) is 2. The Balaban J connectivity index is 1.81. The lowest BCUT2D eigenvalue weighted by molar-refractivity contribution is 0.0704. The van der Waals surface area contributed by atoms with Crippen LogP contribution in [0.3, 0.4) is 0 Å². The fourth-order valence-electron chi connectivity index (χ4n) is 3.11. The first-order chi connectivity index (χ1) is 12.0. The van der Waals surface area contributed by atoms with Gasteiger partial charge in [0.15, 0.2) is 0 Å². The van der Waals surface area contributed by atoms with Crippen LogP contribution >= 0.6 is 0 Å². The third kappa shape index (κ3) is 3.62. The van der Waals surface area contributed by atoms with Crippen LogP contribution in [-0.4, -0.2) is 52.9 Å². The Kier molecular flexibility index (Phi) is 4.69. The van der Waals surface area contributed by atoms with Gasteiger partial charge in [0, 0.05) is 45.5 Å². The van der Waals surface area contributed by atoms with Crippen molar-refractivity contribution in [2.75, 3.05) is 32.1 Å². The highest BCUT2D eigenvalue weighted by Gasteiger charge is 2.27. The molecule has 0 aliphatic carbocycles. The number of likely N-dealkylation sites (tertiary alicyclic amines) is 1. The number of nitrogens with zero attached hydrogens (tertiary/aromatic N) is 3. The number of rotatable bonds is 3. The third-order valence-electron chi connectivity index (χ3n) is 4.46. The minimum absolute atomic E-state index is 0.0380. The van der Waals surface area contributed by atoms with Crippen LogP contribution in [0.1, 0.15) is 34.7 Å². The Bertz CT molecular complexity index is 886. The number of aromatic amines is 2. The van der Waals surface area contributed by atoms with E-state index in [4.69, 9.17) is 0 Å². The van der Waals surface area contributed by atoms with Gasteiger partial charge in [0.1, 0.15) is 11.4 Å². The molecule has 1 atom stereocenters. The summed E-state index contributed by atoms with van der Waals surface area (Å²) in [4.78, 5) is 48.0. The predicted molar refractivity (Wildman–Crippen MR) is 94.1 cm³/mol. The molecule has 2 aromatic heterocycles. The molecule has 0 unspecified atom stereocenters. The van der Waals surface area contributed by atoms with Crippen molar-refractivity contribution in [2.24, 2.45) is 0 Å². The minimum atomic E-state index is -0.658. The van der Waals surface area contributed by atoms with Crippen molar-refractivity contribution < 1.29 is 4.79 Å². The lowest BCUT2D eigenvalue weighted by Gasteiger charge is -2.33. The van der Waals surface area contributed by atoms with E-state index in [9.17, 15) is 14.4 Å². The molecule has 2 N–H and O–H groups in total. The van der Waals surface area contributed by atoms with E-state index in [1.165, 1.54) is 6.20 Å². The number of pyridine rings is 1. The molecule has 1 aliphatic heterocycles. The molecule has 0 spiro atoms. The van der Waals surface area contributed by atoms with Gasteiger partial charge in [-0.1, -0.05) is 0 Å². The number of aromatic nitrogens is 3. The van der Waals surface area contributed by atoms with Crippen LogP contribution in [-0.2, 0) is 0 Å². The van der Waals surface area contributed by atoms with Crippen LogP contribution in [0.4, 0.5) is 5.82 Å². The molecule has 25 heavy (non-hydrogen) atoms. The van der Waals surface area contributed by atoms with Crippen molar-refractivity contribution in [3.05, 3.63) is 56.5 Å². The molecule has 0 radical (unpaired) electrons. The van der Waals surface area contributed by atoms with Gasteiger partial charge in [-0.15, -0.1) is 0 Å². The van der Waals surface area contributed by atoms with Crippen molar-refractivity contribution >= 4 is 11.7 Å². The highest BCUT2D eigenvalue weighted by Crippen LogP contribution is 2.28. The zero-order valence-electron chi connectivity index (χ0n) is 14.3. The van der Waals surface area contributed by atoms with Gasteiger partial charge in [-0.25, -0.2) is 9.78 Å². The molecule has 2 aromatic rings. The molecule has 132 valence electrons. The van der Waals surface area contributed by atoms with E-state index in [0.29, 0.717) is 13.1 Å². The van der Waals surface area contributed by atoms with Gasteiger partial charge in [0.2, 0.25) is 0 Å². The Morgan fingerprint density at radius 1 is 1.36 bits per heavy atom. The Labute approximate surface area is 144 Å². The maximum absolute atomic E-state index is 12.6. The van der Waals surface area contributed by atoms with Crippen molar-refractivity contribution in [2.45, 2.75) is 18.8 Å². The van der Waals surface area contributed by atoms with Crippen molar-refractivity contribution in [3.63, 3.8) is 0 Å². The number of hydrogen-bond acceptors (Lipinski definition) is 5. The van der Waals surface area contributed by atoms with Gasteiger partial charge >= 0.3 is 5.69 Å². The standard InChI is InChI=1S/C17H21N5O3/c1-21(2)14-8-11(5-6-18-14)12-4-3-7-22(10-12)16(24)13-9-19-17(25)20-15(13)23/h5-6,8-9,12H,3-4,7,10H2,1-2H3,(H2,19,20,23,25)/t12-/m0/s1. The second-order valence-corrected chi connectivity index (χ2v) is 6.42. The molecule has 0 aromatic carbocycles. The Hall–Kier alpha value is -2.90. The van der Waals surface area contributed by atoms with Crippen LogP contribution in [0.2, 0.25) is 0 Å². The molecule has 0 bridgehead atoms. The zero-order valence-corrected chi connectivity index (χ0v) is 14.3. The van der Waals surface area contributed by atoms with Crippen molar-refractivity contribution in [1.82, 2.24) is 19.9 Å². The van der Waals surface area contributed by atoms with E-state index in [0.717, 1.165) is 24.2 Å². The Morgan fingerprint density at radius 2 is 2.16 bits per heavy atom. The van der Waals surface area contributed by atoms with Crippen molar-refractivity contribution in [1.29, 1.82) is 0 Å². The molecule has 0 saturated carbocycles. The minimum Gasteiger partial charge on any atom is -0.363 e. The summed E-state index contributed by atoms with van der Waals surface area (Å²) < 4.78 is 0. The smallest absolute Gasteiger partial charge is 0.325 e. The SMILES string of the molecule is CN(C)c1cc([C@H]2CCCN(C(=O)c3c[nH]c(=O)[nH]c3=O)C2)ccn1. The summed E-state index contributed by atoms with van der Waals surface area (Å²) in [5.41, 5.74) is -0.184. The maximum atomic E-state index is 12.6. The molecule has 1 fully saturated rings. The molecular weight excluding hydrogens is 322 g/mol. The van der Waals surface area contributed by atoms with Gasteiger partial charge in [-0.05, 0) is 30.5 Å². The quantitative estimate of drug-likeness (QED) is 0.847. The van der Waals surface area contributed by atoms with E-state index in [1.807, 2.05) is 31.1 Å². The second-order valence-electron chi connectivity index (χ2n) is 6.42. The summed E-state index contributed by atoms with van der Waals surface area (Å²) in [6.07, 6.45) is 4.79. The predicted octanol–water partition coefficient (Wildman–Crippen LogP) is 0.544. The van der Waals surface area contributed by atoms with Gasteiger partial charge in [0.25, 0.3) is 11.5 Å². The normalized spacial score (nSPS) is 17.4. The van der Waals surface area contributed by atoms with Crippen LogP contribution in [0.15, 0.2) is 34.1 Å². The average molecular weight is 343 g/mol.